The van der Waals surface area contributed by atoms with Crippen molar-refractivity contribution in [3.8, 4) is 0 Å². The fraction of sp³-hybridized carbons (Fsp3) is 0.824. The Morgan fingerprint density at radius 2 is 1.95 bits per heavy atom. The van der Waals surface area contributed by atoms with Gasteiger partial charge in [0.25, 0.3) is 0 Å². The predicted molar refractivity (Wildman–Crippen MR) is 108 cm³/mol. The summed E-state index contributed by atoms with van der Waals surface area (Å²) in [5, 5.41) is 6.99. The van der Waals surface area contributed by atoms with Gasteiger partial charge >= 0.3 is 0 Å². The molecule has 0 aromatic rings. The lowest BCUT2D eigenvalue weighted by molar-refractivity contribution is 0.225. The van der Waals surface area contributed by atoms with Crippen molar-refractivity contribution in [2.75, 3.05) is 33.2 Å². The maximum absolute atomic E-state index is 4.34. The highest BCUT2D eigenvalue weighted by atomic mass is 127. The molecule has 0 saturated carbocycles. The minimum Gasteiger partial charge on any atom is -0.356 e. The van der Waals surface area contributed by atoms with Gasteiger partial charge in [0.15, 0.2) is 5.96 Å². The normalized spacial score (nSPS) is 17.7. The van der Waals surface area contributed by atoms with Crippen LogP contribution in [0.3, 0.4) is 0 Å². The smallest absolute Gasteiger partial charge is 0.191 e. The minimum absolute atomic E-state index is 0. The zero-order valence-corrected chi connectivity index (χ0v) is 17.2. The summed E-state index contributed by atoms with van der Waals surface area (Å²) in [6.07, 6.45) is 6.76. The molecule has 1 aliphatic rings. The first-order valence-electron chi connectivity index (χ1n) is 8.25. The topological polar surface area (TPSA) is 39.7 Å². The van der Waals surface area contributed by atoms with Crippen molar-refractivity contribution < 1.29 is 0 Å². The van der Waals surface area contributed by atoms with Gasteiger partial charge in [0.2, 0.25) is 0 Å². The van der Waals surface area contributed by atoms with Crippen molar-refractivity contribution >= 4 is 29.9 Å². The van der Waals surface area contributed by atoms with Gasteiger partial charge in [-0.2, -0.15) is 0 Å². The van der Waals surface area contributed by atoms with E-state index >= 15 is 0 Å². The number of halogens is 1. The molecule has 0 unspecified atom stereocenters. The average Bonchev–Trinajstić information content (AvgIpc) is 2.43. The maximum atomic E-state index is 4.34. The number of guanidine groups is 1. The van der Waals surface area contributed by atoms with Gasteiger partial charge in [-0.3, -0.25) is 9.89 Å². The molecule has 0 atom stereocenters. The summed E-state index contributed by atoms with van der Waals surface area (Å²) in [5.74, 6) is 0.950. The van der Waals surface area contributed by atoms with Crippen LogP contribution in [0.4, 0.5) is 0 Å². The molecular weight excluding hydrogens is 387 g/mol. The number of nitrogens with one attached hydrogen (secondary N) is 2. The Labute approximate surface area is 154 Å². The van der Waals surface area contributed by atoms with Crippen molar-refractivity contribution in [3.05, 3.63) is 12.7 Å². The van der Waals surface area contributed by atoms with Crippen LogP contribution in [0.5, 0.6) is 0 Å². The summed E-state index contributed by atoms with van der Waals surface area (Å²) in [5.41, 5.74) is 0.413. The highest BCUT2D eigenvalue weighted by Crippen LogP contribution is 2.19. The monoisotopic (exact) mass is 422 g/mol. The molecule has 2 N–H and O–H groups in total. The van der Waals surface area contributed by atoms with Gasteiger partial charge in [-0.15, -0.1) is 30.6 Å². The molecule has 22 heavy (non-hydrogen) atoms. The Hall–Kier alpha value is -0.300. The van der Waals surface area contributed by atoms with Gasteiger partial charge in [0.1, 0.15) is 0 Å². The molecule has 0 aliphatic carbocycles. The van der Waals surface area contributed by atoms with Crippen molar-refractivity contribution in [1.82, 2.24) is 15.5 Å². The van der Waals surface area contributed by atoms with Crippen LogP contribution in [-0.4, -0.2) is 50.1 Å². The van der Waals surface area contributed by atoms with Gasteiger partial charge in [0.05, 0.1) is 0 Å². The van der Waals surface area contributed by atoms with E-state index in [1.54, 1.807) is 0 Å². The molecule has 1 heterocycles. The van der Waals surface area contributed by atoms with Crippen LogP contribution in [0.15, 0.2) is 17.6 Å². The van der Waals surface area contributed by atoms with Gasteiger partial charge in [0, 0.05) is 39.3 Å². The van der Waals surface area contributed by atoms with Crippen LogP contribution in [0.1, 0.15) is 46.5 Å². The molecule has 1 saturated heterocycles. The summed E-state index contributed by atoms with van der Waals surface area (Å²) in [6, 6.07) is 0.542. The van der Waals surface area contributed by atoms with E-state index in [9.17, 15) is 0 Å². The fourth-order valence-corrected chi connectivity index (χ4v) is 2.66. The minimum atomic E-state index is 0. The number of likely N-dealkylation sites (tertiary alicyclic amines) is 1. The maximum Gasteiger partial charge on any atom is 0.191 e. The van der Waals surface area contributed by atoms with E-state index in [0.717, 1.165) is 32.1 Å². The predicted octanol–water partition coefficient (Wildman–Crippen LogP) is 3.25. The third-order valence-electron chi connectivity index (χ3n) is 3.94. The molecule has 0 spiro atoms. The molecule has 130 valence electrons. The van der Waals surface area contributed by atoms with Gasteiger partial charge < -0.3 is 10.6 Å². The number of piperidine rings is 1. The lowest BCUT2D eigenvalue weighted by atomic mass is 9.91. The summed E-state index contributed by atoms with van der Waals surface area (Å²) in [7, 11) is 1.85. The third-order valence-corrected chi connectivity index (χ3v) is 3.94. The van der Waals surface area contributed by atoms with Crippen LogP contribution in [-0.2, 0) is 0 Å². The van der Waals surface area contributed by atoms with Crippen LogP contribution >= 0.6 is 24.0 Å². The lowest BCUT2D eigenvalue weighted by Crippen LogP contribution is -2.48. The Morgan fingerprint density at radius 1 is 1.32 bits per heavy atom. The van der Waals surface area contributed by atoms with Crippen molar-refractivity contribution in [1.29, 1.82) is 0 Å². The molecular formula is C17H35IN4. The van der Waals surface area contributed by atoms with Crippen LogP contribution in [0.25, 0.3) is 0 Å². The summed E-state index contributed by atoms with van der Waals surface area (Å²) >= 11 is 0. The Kier molecular flexibility index (Phi) is 11.1. The van der Waals surface area contributed by atoms with E-state index in [-0.39, 0.29) is 24.0 Å². The largest absolute Gasteiger partial charge is 0.356 e. The lowest BCUT2D eigenvalue weighted by Gasteiger charge is -2.32. The Morgan fingerprint density at radius 3 is 2.45 bits per heavy atom. The van der Waals surface area contributed by atoms with E-state index in [1.807, 2.05) is 13.1 Å². The standard InChI is InChI=1S/C17H34N4.HI/c1-6-12-21-13-8-15(9-14-21)20-16(18-5)19-11-7-10-17(2,3)4;/h6,15H,1,7-14H2,2-5H3,(H2,18,19,20);1H. The number of nitrogens with zero attached hydrogens (tertiary/aromatic N) is 2. The van der Waals surface area contributed by atoms with Crippen LogP contribution in [0.2, 0.25) is 0 Å². The van der Waals surface area contributed by atoms with Gasteiger partial charge in [-0.1, -0.05) is 26.8 Å². The molecule has 5 heteroatoms. The third kappa shape index (κ3) is 9.66. The number of aliphatic imine (C=N–C) groups is 1. The highest BCUT2D eigenvalue weighted by Gasteiger charge is 2.19. The Bertz CT molecular complexity index is 328. The van der Waals surface area contributed by atoms with E-state index < -0.39 is 0 Å². The first-order chi connectivity index (χ1) is 9.94. The molecule has 1 rings (SSSR count). The van der Waals surface area contributed by atoms with Gasteiger partial charge in [-0.25, -0.2) is 0 Å². The second kappa shape index (κ2) is 11.3. The van der Waals surface area contributed by atoms with Crippen molar-refractivity contribution in [2.24, 2.45) is 10.4 Å². The molecule has 0 amide bonds. The van der Waals surface area contributed by atoms with E-state index in [1.165, 1.54) is 25.7 Å². The molecule has 0 aromatic carbocycles. The van der Waals surface area contributed by atoms with Crippen LogP contribution in [0, 0.1) is 5.41 Å². The van der Waals surface area contributed by atoms with E-state index in [0.29, 0.717) is 11.5 Å². The summed E-state index contributed by atoms with van der Waals surface area (Å²) in [6.45, 7) is 15.0. The molecule has 1 fully saturated rings. The zero-order chi connectivity index (χ0) is 15.7. The quantitative estimate of drug-likeness (QED) is 0.227. The molecule has 4 nitrogen and oxygen atoms in total. The van der Waals surface area contributed by atoms with E-state index in [2.05, 4.69) is 47.9 Å². The van der Waals surface area contributed by atoms with Crippen molar-refractivity contribution in [3.63, 3.8) is 0 Å². The van der Waals surface area contributed by atoms with Crippen molar-refractivity contribution in [2.45, 2.75) is 52.5 Å². The number of hydrogen-bond acceptors (Lipinski definition) is 2. The summed E-state index contributed by atoms with van der Waals surface area (Å²) in [4.78, 5) is 6.79. The second-order valence-electron chi connectivity index (χ2n) is 7.17. The van der Waals surface area contributed by atoms with E-state index in [4.69, 9.17) is 0 Å². The van der Waals surface area contributed by atoms with Gasteiger partial charge in [-0.05, 0) is 31.1 Å². The first-order valence-corrected chi connectivity index (χ1v) is 8.25. The Balaban J connectivity index is 0.00000441. The SMILES string of the molecule is C=CCN1CCC(NC(=NC)NCCCC(C)(C)C)CC1.I. The molecule has 0 bridgehead atoms. The number of hydrogen-bond donors (Lipinski definition) is 2. The molecule has 0 radical (unpaired) electrons. The second-order valence-corrected chi connectivity index (χ2v) is 7.17. The highest BCUT2D eigenvalue weighted by molar-refractivity contribution is 14.0. The molecule has 1 aliphatic heterocycles. The summed E-state index contributed by atoms with van der Waals surface area (Å²) < 4.78 is 0. The first kappa shape index (κ1) is 21.7. The molecule has 0 aromatic heterocycles. The van der Waals surface area contributed by atoms with Crippen LogP contribution < -0.4 is 10.6 Å². The number of rotatable bonds is 6. The zero-order valence-electron chi connectivity index (χ0n) is 14.8. The fourth-order valence-electron chi connectivity index (χ4n) is 2.66. The average molecular weight is 422 g/mol.